The predicted octanol–water partition coefficient (Wildman–Crippen LogP) is 4.44. The van der Waals surface area contributed by atoms with Gasteiger partial charge in [-0.25, -0.2) is 4.79 Å². The fraction of sp³-hybridized carbons (Fsp3) is 0.368. The van der Waals surface area contributed by atoms with Crippen LogP contribution in [0.25, 0.3) is 0 Å². The molecule has 1 aromatic carbocycles. The lowest BCUT2D eigenvalue weighted by Crippen LogP contribution is -2.31. The van der Waals surface area contributed by atoms with Gasteiger partial charge in [-0.1, -0.05) is 13.0 Å². The van der Waals surface area contributed by atoms with E-state index in [0.717, 1.165) is 22.6 Å². The first-order chi connectivity index (χ1) is 11.8. The van der Waals surface area contributed by atoms with Crippen LogP contribution in [-0.2, 0) is 4.79 Å². The molecule has 1 heterocycles. The summed E-state index contributed by atoms with van der Waals surface area (Å²) < 4.78 is 5.51. The summed E-state index contributed by atoms with van der Waals surface area (Å²) in [7, 11) is 0. The molecule has 0 aliphatic carbocycles. The highest BCUT2D eigenvalue weighted by atomic mass is 16.3. The molecule has 0 bridgehead atoms. The third kappa shape index (κ3) is 4.86. The van der Waals surface area contributed by atoms with Gasteiger partial charge in [0.25, 0.3) is 0 Å². The molecule has 134 valence electrons. The van der Waals surface area contributed by atoms with Gasteiger partial charge in [0.2, 0.25) is 5.91 Å². The minimum absolute atomic E-state index is 0.0707. The van der Waals surface area contributed by atoms with E-state index in [1.165, 1.54) is 0 Å². The molecule has 6 nitrogen and oxygen atoms in total. The highest BCUT2D eigenvalue weighted by Gasteiger charge is 2.15. The zero-order valence-corrected chi connectivity index (χ0v) is 15.3. The largest absolute Gasteiger partial charge is 0.466 e. The van der Waals surface area contributed by atoms with Crippen LogP contribution in [0.3, 0.4) is 0 Å². The molecule has 0 radical (unpaired) electrons. The maximum Gasteiger partial charge on any atom is 0.319 e. The Morgan fingerprint density at radius 2 is 1.84 bits per heavy atom. The Labute approximate surface area is 148 Å². The van der Waals surface area contributed by atoms with Gasteiger partial charge in [-0.3, -0.25) is 4.79 Å². The van der Waals surface area contributed by atoms with Crippen LogP contribution in [0, 0.1) is 20.8 Å². The Bertz CT molecular complexity index is 780. The second-order valence-electron chi connectivity index (χ2n) is 6.12. The zero-order valence-electron chi connectivity index (χ0n) is 15.3. The number of anilines is 2. The van der Waals surface area contributed by atoms with E-state index >= 15 is 0 Å². The molecule has 25 heavy (non-hydrogen) atoms. The lowest BCUT2D eigenvalue weighted by molar-refractivity contribution is -0.115. The lowest BCUT2D eigenvalue weighted by atomic mass is 10.1. The summed E-state index contributed by atoms with van der Waals surface area (Å²) in [5, 5.41) is 8.52. The molecule has 2 rings (SSSR count). The van der Waals surface area contributed by atoms with E-state index in [4.69, 9.17) is 4.42 Å². The van der Waals surface area contributed by atoms with Gasteiger partial charge in [-0.2, -0.15) is 0 Å². The molecule has 0 aliphatic rings. The number of rotatable bonds is 5. The van der Waals surface area contributed by atoms with Crippen LogP contribution < -0.4 is 16.0 Å². The summed E-state index contributed by atoms with van der Waals surface area (Å²) in [6.45, 7) is 9.35. The molecular weight excluding hydrogens is 318 g/mol. The highest BCUT2D eigenvalue weighted by molar-refractivity contribution is 5.94. The minimum atomic E-state index is -0.312. The number of hydrogen-bond acceptors (Lipinski definition) is 3. The summed E-state index contributed by atoms with van der Waals surface area (Å²) in [6.07, 6.45) is 0.401. The molecule has 0 saturated carbocycles. The van der Waals surface area contributed by atoms with Crippen molar-refractivity contribution in [3.63, 3.8) is 0 Å². The van der Waals surface area contributed by atoms with E-state index < -0.39 is 0 Å². The van der Waals surface area contributed by atoms with Gasteiger partial charge < -0.3 is 20.4 Å². The molecule has 0 aliphatic heterocycles. The molecule has 1 atom stereocenters. The predicted molar refractivity (Wildman–Crippen MR) is 98.9 cm³/mol. The Balaban J connectivity index is 2.05. The van der Waals surface area contributed by atoms with Crippen LogP contribution in [-0.4, -0.2) is 11.9 Å². The summed E-state index contributed by atoms with van der Waals surface area (Å²) in [5.74, 6) is 1.54. The van der Waals surface area contributed by atoms with Crippen molar-refractivity contribution in [2.45, 2.75) is 47.1 Å². The van der Waals surface area contributed by atoms with E-state index in [1.807, 2.05) is 45.9 Å². The maximum atomic E-state index is 12.3. The number of aryl methyl sites for hydroxylation is 3. The lowest BCUT2D eigenvalue weighted by Gasteiger charge is -2.16. The van der Waals surface area contributed by atoms with Gasteiger partial charge >= 0.3 is 6.03 Å². The second kappa shape index (κ2) is 7.88. The van der Waals surface area contributed by atoms with E-state index in [0.29, 0.717) is 17.8 Å². The molecule has 0 spiro atoms. The SMILES string of the molecule is CCC(=O)Nc1ccc(C)c(NC(=O)N[C@H](C)c2cc(C)oc2C)c1. The summed E-state index contributed by atoms with van der Waals surface area (Å²) in [4.78, 5) is 23.8. The zero-order chi connectivity index (χ0) is 18.6. The van der Waals surface area contributed by atoms with Crippen molar-refractivity contribution in [1.29, 1.82) is 0 Å². The first-order valence-electron chi connectivity index (χ1n) is 8.35. The first-order valence-corrected chi connectivity index (χ1v) is 8.35. The number of amides is 3. The molecule has 3 amide bonds. The standard InChI is InChI=1S/C19H25N3O3/c1-6-18(23)21-15-8-7-11(2)17(10-15)22-19(24)20-13(4)16-9-12(3)25-14(16)5/h7-10,13H,6H2,1-5H3,(H,21,23)(H2,20,22,24)/t13-/m1/s1. The third-order valence-electron chi connectivity index (χ3n) is 3.98. The van der Waals surface area contributed by atoms with Crippen molar-refractivity contribution in [3.8, 4) is 0 Å². The normalized spacial score (nSPS) is 11.7. The summed E-state index contributed by atoms with van der Waals surface area (Å²) >= 11 is 0. The molecule has 6 heteroatoms. The van der Waals surface area contributed by atoms with Crippen LogP contribution in [0.4, 0.5) is 16.2 Å². The Hall–Kier alpha value is -2.76. The van der Waals surface area contributed by atoms with Crippen LogP contribution in [0.15, 0.2) is 28.7 Å². The second-order valence-corrected chi connectivity index (χ2v) is 6.12. The Kier molecular flexibility index (Phi) is 5.85. The third-order valence-corrected chi connectivity index (χ3v) is 3.98. The number of urea groups is 1. The highest BCUT2D eigenvalue weighted by Crippen LogP contribution is 2.23. The first kappa shape index (κ1) is 18.6. The molecule has 1 aromatic heterocycles. The number of benzene rings is 1. The fourth-order valence-corrected chi connectivity index (χ4v) is 2.60. The van der Waals surface area contributed by atoms with Crippen LogP contribution in [0.2, 0.25) is 0 Å². The number of hydrogen-bond donors (Lipinski definition) is 3. The Morgan fingerprint density at radius 3 is 2.44 bits per heavy atom. The minimum Gasteiger partial charge on any atom is -0.466 e. The van der Waals surface area contributed by atoms with E-state index in [2.05, 4.69) is 16.0 Å². The smallest absolute Gasteiger partial charge is 0.319 e. The van der Waals surface area contributed by atoms with Gasteiger partial charge in [-0.05, 0) is 51.5 Å². The van der Waals surface area contributed by atoms with Crippen molar-refractivity contribution in [2.75, 3.05) is 10.6 Å². The molecular formula is C19H25N3O3. The maximum absolute atomic E-state index is 12.3. The molecule has 0 fully saturated rings. The molecule has 0 unspecified atom stereocenters. The van der Waals surface area contributed by atoms with E-state index in [-0.39, 0.29) is 18.0 Å². The van der Waals surface area contributed by atoms with E-state index in [1.54, 1.807) is 13.0 Å². The number of carbonyl (C=O) groups is 2. The van der Waals surface area contributed by atoms with Gasteiger partial charge in [0, 0.05) is 23.4 Å². The number of nitrogens with one attached hydrogen (secondary N) is 3. The average molecular weight is 343 g/mol. The molecule has 0 saturated heterocycles. The van der Waals surface area contributed by atoms with E-state index in [9.17, 15) is 9.59 Å². The van der Waals surface area contributed by atoms with Crippen LogP contribution in [0.5, 0.6) is 0 Å². The summed E-state index contributed by atoms with van der Waals surface area (Å²) in [5.41, 5.74) is 3.17. The van der Waals surface area contributed by atoms with Crippen LogP contribution in [0.1, 0.15) is 49.0 Å². The van der Waals surface area contributed by atoms with Crippen molar-refractivity contribution in [1.82, 2.24) is 5.32 Å². The number of furan rings is 1. The van der Waals surface area contributed by atoms with Gasteiger partial charge in [0.05, 0.1) is 6.04 Å². The monoisotopic (exact) mass is 343 g/mol. The van der Waals surface area contributed by atoms with Gasteiger partial charge in [-0.15, -0.1) is 0 Å². The van der Waals surface area contributed by atoms with Crippen molar-refractivity contribution < 1.29 is 14.0 Å². The van der Waals surface area contributed by atoms with Crippen molar-refractivity contribution in [3.05, 3.63) is 46.9 Å². The average Bonchev–Trinajstić information content (AvgIpc) is 2.89. The van der Waals surface area contributed by atoms with Gasteiger partial charge in [0.15, 0.2) is 0 Å². The quantitative estimate of drug-likeness (QED) is 0.750. The van der Waals surface area contributed by atoms with Crippen LogP contribution >= 0.6 is 0 Å². The van der Waals surface area contributed by atoms with Gasteiger partial charge in [0.1, 0.15) is 11.5 Å². The topological polar surface area (TPSA) is 83.4 Å². The summed E-state index contributed by atoms with van der Waals surface area (Å²) in [6, 6.07) is 6.85. The Morgan fingerprint density at radius 1 is 1.12 bits per heavy atom. The van der Waals surface area contributed by atoms with Crippen molar-refractivity contribution in [2.24, 2.45) is 0 Å². The molecule has 3 N–H and O–H groups in total. The fourth-order valence-electron chi connectivity index (χ4n) is 2.60. The number of carbonyl (C=O) groups excluding carboxylic acids is 2. The molecule has 2 aromatic rings. The van der Waals surface area contributed by atoms with Crippen molar-refractivity contribution >= 4 is 23.3 Å².